The van der Waals surface area contributed by atoms with Crippen LogP contribution in [0, 0.1) is 0 Å². The minimum Gasteiger partial charge on any atom is -0.302 e. The number of carbonyl (C=O) groups excluding carboxylic acids is 1. The molecule has 0 bridgehead atoms. The van der Waals surface area contributed by atoms with Crippen molar-refractivity contribution in [3.8, 4) is 0 Å². The second-order valence-corrected chi connectivity index (χ2v) is 7.06. The topological polar surface area (TPSA) is 20.3 Å². The Morgan fingerprint density at radius 3 is 2.33 bits per heavy atom. The van der Waals surface area contributed by atoms with E-state index in [1.807, 2.05) is 18.2 Å². The van der Waals surface area contributed by atoms with Crippen LogP contribution in [0.4, 0.5) is 10.5 Å². The molecule has 1 unspecified atom stereocenters. The Bertz CT molecular complexity index is 690. The minimum atomic E-state index is -0.00190. The number of hydrogen-bond donors (Lipinski definition) is 0. The van der Waals surface area contributed by atoms with E-state index in [1.54, 1.807) is 29.2 Å². The molecule has 1 fully saturated rings. The number of anilines is 1. The molecule has 0 aromatic heterocycles. The first-order chi connectivity index (χ1) is 10.0. The molecule has 1 aliphatic heterocycles. The van der Waals surface area contributed by atoms with Crippen LogP contribution in [-0.4, -0.2) is 11.8 Å². The summed E-state index contributed by atoms with van der Waals surface area (Å²) < 4.78 is 0. The Labute approximate surface area is 142 Å². The lowest BCUT2D eigenvalue weighted by Crippen LogP contribution is -2.22. The maximum atomic E-state index is 12.2. The predicted octanol–water partition coefficient (Wildman–Crippen LogP) is 6.06. The third-order valence-electron chi connectivity index (χ3n) is 3.26. The second kappa shape index (κ2) is 6.09. The monoisotopic (exact) mass is 357 g/mol. The van der Waals surface area contributed by atoms with Crippen LogP contribution in [0.15, 0.2) is 42.5 Å². The molecule has 0 aliphatic carbocycles. The maximum Gasteiger partial charge on any atom is 0.286 e. The molecule has 21 heavy (non-hydrogen) atoms. The summed E-state index contributed by atoms with van der Waals surface area (Å²) in [6.45, 7) is 0.576. The molecule has 2 aromatic rings. The van der Waals surface area contributed by atoms with Crippen molar-refractivity contribution in [1.82, 2.24) is 0 Å². The predicted molar refractivity (Wildman–Crippen MR) is 91.0 cm³/mol. The quantitative estimate of drug-likeness (QED) is 0.650. The Balaban J connectivity index is 1.85. The van der Waals surface area contributed by atoms with Crippen LogP contribution in [0.2, 0.25) is 15.1 Å². The van der Waals surface area contributed by atoms with E-state index in [0.717, 1.165) is 11.3 Å². The molecule has 1 aliphatic rings. The number of thioether (sulfide) groups is 1. The van der Waals surface area contributed by atoms with Gasteiger partial charge in [-0.05, 0) is 42.0 Å². The first-order valence-corrected chi connectivity index (χ1v) is 8.24. The lowest BCUT2D eigenvalue weighted by atomic mass is 10.1. The smallest absolute Gasteiger partial charge is 0.286 e. The van der Waals surface area contributed by atoms with Crippen molar-refractivity contribution in [1.29, 1.82) is 0 Å². The Morgan fingerprint density at radius 1 is 1.00 bits per heavy atom. The van der Waals surface area contributed by atoms with Crippen LogP contribution in [0.5, 0.6) is 0 Å². The van der Waals surface area contributed by atoms with E-state index >= 15 is 0 Å². The lowest BCUT2D eigenvalue weighted by molar-refractivity contribution is 0.266. The molecule has 1 amide bonds. The normalized spacial score (nSPS) is 18.3. The van der Waals surface area contributed by atoms with Crippen molar-refractivity contribution in [2.24, 2.45) is 0 Å². The molecular weight excluding hydrogens is 349 g/mol. The molecule has 1 saturated heterocycles. The van der Waals surface area contributed by atoms with E-state index in [1.165, 1.54) is 11.8 Å². The lowest BCUT2D eigenvalue weighted by Gasteiger charge is -2.16. The fraction of sp³-hybridized carbons (Fsp3) is 0.133. The second-order valence-electron chi connectivity index (χ2n) is 4.63. The molecular formula is C15H10Cl3NOS. The number of rotatable bonds is 2. The van der Waals surface area contributed by atoms with E-state index in [9.17, 15) is 4.79 Å². The van der Waals surface area contributed by atoms with Gasteiger partial charge in [0, 0.05) is 27.3 Å². The summed E-state index contributed by atoms with van der Waals surface area (Å²) in [6.07, 6.45) is 0. The average Bonchev–Trinajstić information content (AvgIpc) is 2.81. The first kappa shape index (κ1) is 15.0. The van der Waals surface area contributed by atoms with Gasteiger partial charge in [-0.1, -0.05) is 52.6 Å². The molecule has 6 heteroatoms. The van der Waals surface area contributed by atoms with Crippen LogP contribution < -0.4 is 4.90 Å². The highest BCUT2D eigenvalue weighted by Gasteiger charge is 2.33. The maximum absolute atomic E-state index is 12.2. The van der Waals surface area contributed by atoms with Crippen molar-refractivity contribution in [2.75, 3.05) is 11.4 Å². The van der Waals surface area contributed by atoms with Gasteiger partial charge in [-0.25, -0.2) is 0 Å². The van der Waals surface area contributed by atoms with Crippen LogP contribution in [0.1, 0.15) is 10.8 Å². The van der Waals surface area contributed by atoms with E-state index in [0.29, 0.717) is 21.6 Å². The molecule has 0 radical (unpaired) electrons. The highest BCUT2D eigenvalue weighted by atomic mass is 35.5. The average molecular weight is 359 g/mol. The molecule has 2 aromatic carbocycles. The highest BCUT2D eigenvalue weighted by Crippen LogP contribution is 2.43. The summed E-state index contributed by atoms with van der Waals surface area (Å²) in [7, 11) is 0. The number of amides is 1. The van der Waals surface area contributed by atoms with Gasteiger partial charge in [-0.15, -0.1) is 0 Å². The van der Waals surface area contributed by atoms with E-state index in [4.69, 9.17) is 34.8 Å². The number of halogens is 3. The zero-order valence-corrected chi connectivity index (χ0v) is 13.8. The summed E-state index contributed by atoms with van der Waals surface area (Å²) in [6, 6.07) is 12.6. The molecule has 2 nitrogen and oxygen atoms in total. The fourth-order valence-corrected chi connectivity index (χ4v) is 4.06. The van der Waals surface area contributed by atoms with Gasteiger partial charge in [0.2, 0.25) is 0 Å². The fourth-order valence-electron chi connectivity index (χ4n) is 2.22. The van der Waals surface area contributed by atoms with Crippen molar-refractivity contribution in [3.05, 3.63) is 63.1 Å². The van der Waals surface area contributed by atoms with Crippen molar-refractivity contribution in [3.63, 3.8) is 0 Å². The van der Waals surface area contributed by atoms with Gasteiger partial charge >= 0.3 is 0 Å². The molecule has 0 N–H and O–H groups in total. The summed E-state index contributed by atoms with van der Waals surface area (Å²) in [5.74, 6) is 0. The van der Waals surface area contributed by atoms with E-state index in [2.05, 4.69) is 0 Å². The number of hydrogen-bond acceptors (Lipinski definition) is 2. The van der Waals surface area contributed by atoms with E-state index in [-0.39, 0.29) is 10.5 Å². The highest BCUT2D eigenvalue weighted by molar-refractivity contribution is 8.14. The Kier molecular flexibility index (Phi) is 4.36. The van der Waals surface area contributed by atoms with Crippen molar-refractivity contribution >= 4 is 57.5 Å². The standard InChI is InChI=1S/C15H10Cl3NOS/c16-9-1-4-11(5-2-9)19-8-14(21-15(19)20)12-6-3-10(17)7-13(12)18/h1-7,14H,8H2. The number of carbonyl (C=O) groups is 1. The molecule has 0 saturated carbocycles. The molecule has 108 valence electrons. The summed E-state index contributed by atoms with van der Waals surface area (Å²) in [5, 5.41) is 1.83. The van der Waals surface area contributed by atoms with Crippen molar-refractivity contribution < 1.29 is 4.79 Å². The Morgan fingerprint density at radius 2 is 1.67 bits per heavy atom. The van der Waals surface area contributed by atoms with Crippen LogP contribution >= 0.6 is 46.6 Å². The zero-order chi connectivity index (χ0) is 15.0. The third-order valence-corrected chi connectivity index (χ3v) is 5.18. The Hall–Kier alpha value is -0.870. The molecule has 3 rings (SSSR count). The van der Waals surface area contributed by atoms with Gasteiger partial charge in [-0.3, -0.25) is 4.79 Å². The van der Waals surface area contributed by atoms with Crippen LogP contribution in [0.25, 0.3) is 0 Å². The summed E-state index contributed by atoms with van der Waals surface area (Å²) in [5.41, 5.74) is 1.76. The van der Waals surface area contributed by atoms with Gasteiger partial charge in [0.25, 0.3) is 5.24 Å². The van der Waals surface area contributed by atoms with Crippen LogP contribution in [-0.2, 0) is 0 Å². The largest absolute Gasteiger partial charge is 0.302 e. The van der Waals surface area contributed by atoms with Gasteiger partial charge in [0.1, 0.15) is 0 Å². The molecule has 1 heterocycles. The summed E-state index contributed by atoms with van der Waals surface area (Å²) >= 11 is 19.3. The molecule has 1 atom stereocenters. The SMILES string of the molecule is O=C1SC(c2ccc(Cl)cc2Cl)CN1c1ccc(Cl)cc1. The number of nitrogens with zero attached hydrogens (tertiary/aromatic N) is 1. The third kappa shape index (κ3) is 3.16. The number of benzene rings is 2. The minimum absolute atomic E-state index is 0.00190. The van der Waals surface area contributed by atoms with Gasteiger partial charge in [0.05, 0.1) is 5.25 Å². The van der Waals surface area contributed by atoms with Crippen molar-refractivity contribution in [2.45, 2.75) is 5.25 Å². The zero-order valence-electron chi connectivity index (χ0n) is 10.7. The van der Waals surface area contributed by atoms with Gasteiger partial charge in [0.15, 0.2) is 0 Å². The van der Waals surface area contributed by atoms with Crippen LogP contribution in [0.3, 0.4) is 0 Å². The first-order valence-electron chi connectivity index (χ1n) is 6.23. The van der Waals surface area contributed by atoms with Gasteiger partial charge in [-0.2, -0.15) is 0 Å². The van der Waals surface area contributed by atoms with E-state index < -0.39 is 0 Å². The molecule has 0 spiro atoms. The van der Waals surface area contributed by atoms with Gasteiger partial charge < -0.3 is 4.90 Å². The summed E-state index contributed by atoms with van der Waals surface area (Å²) in [4.78, 5) is 13.9.